The van der Waals surface area contributed by atoms with E-state index in [1.54, 1.807) is 25.1 Å². The minimum atomic E-state index is -0.339. The molecule has 0 saturated heterocycles. The normalized spacial score (nSPS) is 11.0. The summed E-state index contributed by atoms with van der Waals surface area (Å²) < 4.78 is 14.0. The molecule has 0 fully saturated rings. The molecule has 0 saturated carbocycles. The number of aryl methyl sites for hydroxylation is 3. The number of aromatic nitrogens is 2. The molecule has 2 heterocycles. The molecule has 5 nitrogen and oxygen atoms in total. The fourth-order valence-corrected chi connectivity index (χ4v) is 3.53. The summed E-state index contributed by atoms with van der Waals surface area (Å²) in [6.07, 6.45) is 0. The van der Waals surface area contributed by atoms with Crippen LogP contribution in [0.15, 0.2) is 18.2 Å². The van der Waals surface area contributed by atoms with E-state index in [2.05, 4.69) is 15.5 Å². The second-order valence-corrected chi connectivity index (χ2v) is 6.67. The van der Waals surface area contributed by atoms with Gasteiger partial charge >= 0.3 is 0 Å². The lowest BCUT2D eigenvalue weighted by Gasteiger charge is -2.07. The number of hydrogen-bond acceptors (Lipinski definition) is 5. The van der Waals surface area contributed by atoms with Gasteiger partial charge in [-0.05, 0) is 31.9 Å². The predicted molar refractivity (Wildman–Crippen MR) is 93.6 cm³/mol. The van der Waals surface area contributed by atoms with Gasteiger partial charge in [0.2, 0.25) is 0 Å². The molecule has 0 aliphatic heterocycles. The molecule has 0 aliphatic carbocycles. The molecule has 0 radical (unpaired) electrons. The van der Waals surface area contributed by atoms with Crippen LogP contribution in [0.4, 0.5) is 10.1 Å². The minimum absolute atomic E-state index is 0.101. The van der Waals surface area contributed by atoms with E-state index in [-0.39, 0.29) is 18.3 Å². The summed E-state index contributed by atoms with van der Waals surface area (Å²) in [5.74, 6) is -0.645. The summed E-state index contributed by atoms with van der Waals surface area (Å²) in [5, 5.41) is 11.6. The van der Waals surface area contributed by atoms with Crippen molar-refractivity contribution in [3.8, 4) is 0 Å². The first-order valence-electron chi connectivity index (χ1n) is 7.44. The molecule has 7 heteroatoms. The van der Waals surface area contributed by atoms with Gasteiger partial charge in [-0.2, -0.15) is 5.10 Å². The lowest BCUT2D eigenvalue weighted by Crippen LogP contribution is -2.23. The summed E-state index contributed by atoms with van der Waals surface area (Å²) in [6, 6.07) is 5.10. The monoisotopic (exact) mass is 344 g/mol. The van der Waals surface area contributed by atoms with Crippen LogP contribution in [0.2, 0.25) is 0 Å². The van der Waals surface area contributed by atoms with Gasteiger partial charge in [-0.15, -0.1) is 16.4 Å². The molecule has 3 N–H and O–H groups in total. The molecule has 3 rings (SSSR count). The first kappa shape index (κ1) is 16.3. The Morgan fingerprint density at radius 2 is 2.04 bits per heavy atom. The molecule has 0 atom stereocenters. The molecule has 0 aliphatic rings. The number of hydrogen-bond donors (Lipinski definition) is 2. The molecule has 2 aromatic heterocycles. The largest absolute Gasteiger partial charge is 0.397 e. The van der Waals surface area contributed by atoms with Crippen molar-refractivity contribution < 1.29 is 9.18 Å². The fourth-order valence-electron chi connectivity index (χ4n) is 2.51. The Labute approximate surface area is 142 Å². The smallest absolute Gasteiger partial charge is 0.263 e. The average Bonchev–Trinajstić information content (AvgIpc) is 2.90. The number of rotatable bonds is 3. The van der Waals surface area contributed by atoms with Crippen LogP contribution < -0.4 is 11.1 Å². The van der Waals surface area contributed by atoms with E-state index >= 15 is 0 Å². The van der Waals surface area contributed by atoms with Gasteiger partial charge in [0.25, 0.3) is 5.91 Å². The maximum Gasteiger partial charge on any atom is 0.263 e. The number of nitrogens with two attached hydrogens (primary N) is 1. The van der Waals surface area contributed by atoms with Crippen LogP contribution in [-0.4, -0.2) is 16.1 Å². The number of benzene rings is 1. The van der Waals surface area contributed by atoms with Crippen LogP contribution in [0.1, 0.15) is 32.1 Å². The molecule has 24 heavy (non-hydrogen) atoms. The molecule has 0 unspecified atom stereocenters. The van der Waals surface area contributed by atoms with Crippen LogP contribution in [-0.2, 0) is 6.54 Å². The first-order chi connectivity index (χ1) is 11.4. The van der Waals surface area contributed by atoms with Gasteiger partial charge in [0.1, 0.15) is 15.5 Å². The number of nitrogens with one attached hydrogen (secondary N) is 1. The highest BCUT2D eigenvalue weighted by atomic mass is 32.1. The van der Waals surface area contributed by atoms with Gasteiger partial charge in [-0.1, -0.05) is 18.2 Å². The molecular weight excluding hydrogens is 327 g/mol. The van der Waals surface area contributed by atoms with E-state index < -0.39 is 0 Å². The maximum absolute atomic E-state index is 14.0. The Hall–Kier alpha value is -2.54. The van der Waals surface area contributed by atoms with Gasteiger partial charge in [0, 0.05) is 17.5 Å². The van der Waals surface area contributed by atoms with Gasteiger partial charge in [-0.3, -0.25) is 4.79 Å². The Balaban J connectivity index is 1.88. The standard InChI is InChI=1S/C17H17FN4OS/c1-8-5-4-6-11(13(8)18)7-20-16(23)15-14(19)12-9(2)10(3)21-22-17(12)24-15/h4-6H,7,19H2,1-3H3,(H,20,23). The van der Waals surface area contributed by atoms with E-state index in [1.807, 2.05) is 13.8 Å². The second-order valence-electron chi connectivity index (χ2n) is 5.67. The highest BCUT2D eigenvalue weighted by Gasteiger charge is 2.20. The SMILES string of the molecule is Cc1cccc(CNC(=O)c2sc3nnc(C)c(C)c3c2N)c1F. The van der Waals surface area contributed by atoms with Gasteiger partial charge in [-0.25, -0.2) is 4.39 Å². The number of fused-ring (bicyclic) bond motifs is 1. The topological polar surface area (TPSA) is 80.9 Å². The Morgan fingerprint density at radius 3 is 2.79 bits per heavy atom. The molecule has 1 aromatic carbocycles. The third kappa shape index (κ3) is 2.71. The second kappa shape index (κ2) is 6.16. The number of nitrogens with zero attached hydrogens (tertiary/aromatic N) is 2. The number of thiophene rings is 1. The van der Waals surface area contributed by atoms with E-state index in [4.69, 9.17) is 5.73 Å². The van der Waals surface area contributed by atoms with Crippen molar-refractivity contribution in [3.63, 3.8) is 0 Å². The lowest BCUT2D eigenvalue weighted by molar-refractivity contribution is 0.0955. The van der Waals surface area contributed by atoms with Crippen molar-refractivity contribution in [2.45, 2.75) is 27.3 Å². The number of halogens is 1. The van der Waals surface area contributed by atoms with E-state index in [0.29, 0.717) is 26.5 Å². The van der Waals surface area contributed by atoms with Crippen LogP contribution in [0.25, 0.3) is 10.2 Å². The maximum atomic E-state index is 14.0. The summed E-state index contributed by atoms with van der Waals surface area (Å²) >= 11 is 1.19. The zero-order chi connectivity index (χ0) is 17.4. The van der Waals surface area contributed by atoms with Gasteiger partial charge in [0.15, 0.2) is 0 Å². The molecule has 1 amide bonds. The Bertz CT molecular complexity index is 951. The minimum Gasteiger partial charge on any atom is -0.397 e. The quantitative estimate of drug-likeness (QED) is 0.764. The fraction of sp³-hybridized carbons (Fsp3) is 0.235. The van der Waals surface area contributed by atoms with E-state index in [1.165, 1.54) is 11.3 Å². The zero-order valence-corrected chi connectivity index (χ0v) is 14.4. The third-order valence-corrected chi connectivity index (χ3v) is 5.14. The molecule has 3 aromatic rings. The zero-order valence-electron chi connectivity index (χ0n) is 13.6. The summed E-state index contributed by atoms with van der Waals surface area (Å²) in [6.45, 7) is 5.54. The summed E-state index contributed by atoms with van der Waals surface area (Å²) in [4.78, 5) is 13.5. The van der Waals surface area contributed by atoms with Crippen molar-refractivity contribution in [1.82, 2.24) is 15.5 Å². The first-order valence-corrected chi connectivity index (χ1v) is 8.25. The average molecular weight is 344 g/mol. The van der Waals surface area contributed by atoms with E-state index in [9.17, 15) is 9.18 Å². The number of carbonyl (C=O) groups is 1. The van der Waals surface area contributed by atoms with Crippen molar-refractivity contribution >= 4 is 33.1 Å². The summed E-state index contributed by atoms with van der Waals surface area (Å²) in [7, 11) is 0. The summed E-state index contributed by atoms with van der Waals surface area (Å²) in [5.41, 5.74) is 9.21. The van der Waals surface area contributed by atoms with Crippen molar-refractivity contribution in [1.29, 1.82) is 0 Å². The highest BCUT2D eigenvalue weighted by molar-refractivity contribution is 7.21. The predicted octanol–water partition coefficient (Wildman–Crippen LogP) is 3.27. The van der Waals surface area contributed by atoms with E-state index in [0.717, 1.165) is 16.6 Å². The number of nitrogen functional groups attached to an aromatic ring is 1. The van der Waals surface area contributed by atoms with Crippen LogP contribution in [0.5, 0.6) is 0 Å². The molecule has 0 bridgehead atoms. The molecule has 124 valence electrons. The number of amides is 1. The van der Waals surface area contributed by atoms with Crippen LogP contribution in [0, 0.1) is 26.6 Å². The van der Waals surface area contributed by atoms with Crippen LogP contribution >= 0.6 is 11.3 Å². The highest BCUT2D eigenvalue weighted by Crippen LogP contribution is 2.34. The van der Waals surface area contributed by atoms with Crippen LogP contribution in [0.3, 0.4) is 0 Å². The molecular formula is C17H17FN4OS. The van der Waals surface area contributed by atoms with Gasteiger partial charge in [0.05, 0.1) is 11.4 Å². The number of anilines is 1. The van der Waals surface area contributed by atoms with Crippen molar-refractivity contribution in [2.24, 2.45) is 0 Å². The Kier molecular flexibility index (Phi) is 4.19. The number of carbonyl (C=O) groups excluding carboxylic acids is 1. The van der Waals surface area contributed by atoms with Crippen molar-refractivity contribution in [2.75, 3.05) is 5.73 Å². The van der Waals surface area contributed by atoms with Gasteiger partial charge < -0.3 is 11.1 Å². The Morgan fingerprint density at radius 1 is 1.29 bits per heavy atom. The molecule has 0 spiro atoms. The lowest BCUT2D eigenvalue weighted by atomic mass is 10.1. The van der Waals surface area contributed by atoms with Crippen molar-refractivity contribution in [3.05, 3.63) is 51.3 Å². The third-order valence-electron chi connectivity index (χ3n) is 4.05.